The molecule has 0 bridgehead atoms. The van der Waals surface area contributed by atoms with Gasteiger partial charge >= 0.3 is 0 Å². The molecule has 2 aromatic heterocycles. The van der Waals surface area contributed by atoms with Crippen LogP contribution in [0.1, 0.15) is 0 Å². The van der Waals surface area contributed by atoms with Crippen LogP contribution in [0.3, 0.4) is 0 Å². The van der Waals surface area contributed by atoms with Gasteiger partial charge in [0.2, 0.25) is 0 Å². The summed E-state index contributed by atoms with van der Waals surface area (Å²) in [5, 5.41) is 7.47. The fourth-order valence-electron chi connectivity index (χ4n) is 1.71. The summed E-state index contributed by atoms with van der Waals surface area (Å²) in [5.74, 6) is 0. The molecule has 5 heteroatoms. The van der Waals surface area contributed by atoms with Crippen molar-refractivity contribution in [1.29, 1.82) is 0 Å². The summed E-state index contributed by atoms with van der Waals surface area (Å²) in [7, 11) is 0. The molecule has 84 valence electrons. The molecule has 0 spiro atoms. The van der Waals surface area contributed by atoms with Crippen molar-refractivity contribution in [3.63, 3.8) is 0 Å². The maximum Gasteiger partial charge on any atom is 0.186 e. The van der Waals surface area contributed by atoms with E-state index in [2.05, 4.69) is 32.1 Å². The monoisotopic (exact) mass is 252 g/mol. The van der Waals surface area contributed by atoms with Crippen molar-refractivity contribution < 1.29 is 4.74 Å². The quantitative estimate of drug-likeness (QED) is 0.821. The number of aromatic nitrogens is 1. The first-order valence-corrected chi connectivity index (χ1v) is 7.06. The van der Waals surface area contributed by atoms with E-state index in [4.69, 9.17) is 4.74 Å². The molecule has 3 rings (SSSR count). The van der Waals surface area contributed by atoms with Gasteiger partial charge in [-0.15, -0.1) is 11.3 Å². The highest BCUT2D eigenvalue weighted by atomic mass is 32.1. The van der Waals surface area contributed by atoms with Crippen LogP contribution in [-0.4, -0.2) is 31.3 Å². The van der Waals surface area contributed by atoms with E-state index in [0.717, 1.165) is 37.1 Å². The molecule has 0 amide bonds. The van der Waals surface area contributed by atoms with Crippen molar-refractivity contribution >= 4 is 27.8 Å². The van der Waals surface area contributed by atoms with Gasteiger partial charge in [-0.25, -0.2) is 4.98 Å². The lowest BCUT2D eigenvalue weighted by Gasteiger charge is -2.25. The molecular formula is C11H12N2OS2. The molecule has 0 atom stereocenters. The van der Waals surface area contributed by atoms with Gasteiger partial charge in [0.15, 0.2) is 5.13 Å². The fourth-order valence-corrected chi connectivity index (χ4v) is 3.25. The number of thiazole rings is 1. The van der Waals surface area contributed by atoms with Gasteiger partial charge in [0, 0.05) is 29.4 Å². The maximum atomic E-state index is 5.34. The van der Waals surface area contributed by atoms with E-state index >= 15 is 0 Å². The molecule has 3 nitrogen and oxygen atoms in total. The predicted octanol–water partition coefficient (Wildman–Crippen LogP) is 2.71. The molecule has 16 heavy (non-hydrogen) atoms. The Morgan fingerprint density at radius 1 is 1.25 bits per heavy atom. The van der Waals surface area contributed by atoms with Gasteiger partial charge in [-0.3, -0.25) is 0 Å². The third-order valence-corrected chi connectivity index (χ3v) is 4.18. The Kier molecular flexibility index (Phi) is 2.90. The second-order valence-corrected chi connectivity index (χ2v) is 5.24. The van der Waals surface area contributed by atoms with Crippen LogP contribution in [0.25, 0.3) is 11.3 Å². The van der Waals surface area contributed by atoms with Gasteiger partial charge in [0.1, 0.15) is 0 Å². The van der Waals surface area contributed by atoms with E-state index in [1.165, 1.54) is 5.56 Å². The molecule has 0 aliphatic carbocycles. The van der Waals surface area contributed by atoms with Crippen molar-refractivity contribution in [3.8, 4) is 11.3 Å². The van der Waals surface area contributed by atoms with Crippen molar-refractivity contribution in [1.82, 2.24) is 4.98 Å². The van der Waals surface area contributed by atoms with E-state index < -0.39 is 0 Å². The average Bonchev–Trinajstić information content (AvgIpc) is 3.01. The number of thiophene rings is 1. The third kappa shape index (κ3) is 1.98. The van der Waals surface area contributed by atoms with E-state index in [-0.39, 0.29) is 0 Å². The van der Waals surface area contributed by atoms with Crippen LogP contribution in [0.5, 0.6) is 0 Å². The van der Waals surface area contributed by atoms with Crippen LogP contribution >= 0.6 is 22.7 Å². The van der Waals surface area contributed by atoms with Gasteiger partial charge < -0.3 is 9.64 Å². The van der Waals surface area contributed by atoms with Crippen LogP contribution in [0.15, 0.2) is 22.2 Å². The van der Waals surface area contributed by atoms with Crippen LogP contribution in [0, 0.1) is 0 Å². The van der Waals surface area contributed by atoms with Gasteiger partial charge in [-0.1, -0.05) is 0 Å². The van der Waals surface area contributed by atoms with E-state index in [1.54, 1.807) is 22.7 Å². The van der Waals surface area contributed by atoms with E-state index in [9.17, 15) is 0 Å². The van der Waals surface area contributed by atoms with Crippen molar-refractivity contribution in [2.45, 2.75) is 0 Å². The van der Waals surface area contributed by atoms with Gasteiger partial charge in [-0.05, 0) is 11.4 Å². The Balaban J connectivity index is 1.82. The molecule has 2 aromatic rings. The lowest BCUT2D eigenvalue weighted by atomic mass is 10.3. The number of hydrogen-bond donors (Lipinski definition) is 0. The van der Waals surface area contributed by atoms with Gasteiger partial charge in [0.05, 0.1) is 18.9 Å². The second kappa shape index (κ2) is 4.53. The standard InChI is InChI=1S/C11H12N2OS2/c1-6-15-7-9(1)10-8-16-11(12-10)13-2-4-14-5-3-13/h1,6-8H,2-5H2. The number of ether oxygens (including phenoxy) is 1. The largest absolute Gasteiger partial charge is 0.378 e. The van der Waals surface area contributed by atoms with Crippen molar-refractivity contribution in [2.75, 3.05) is 31.2 Å². The topological polar surface area (TPSA) is 25.4 Å². The Bertz CT molecular complexity index is 446. The molecule has 0 N–H and O–H groups in total. The normalized spacial score (nSPS) is 16.6. The minimum Gasteiger partial charge on any atom is -0.378 e. The first-order chi connectivity index (χ1) is 7.93. The van der Waals surface area contributed by atoms with Crippen LogP contribution in [-0.2, 0) is 4.74 Å². The Hall–Kier alpha value is -0.910. The lowest BCUT2D eigenvalue weighted by molar-refractivity contribution is 0.122. The molecule has 1 aliphatic rings. The smallest absolute Gasteiger partial charge is 0.186 e. The summed E-state index contributed by atoms with van der Waals surface area (Å²) in [6.45, 7) is 3.54. The first kappa shape index (κ1) is 10.3. The Labute approximate surface area is 102 Å². The summed E-state index contributed by atoms with van der Waals surface area (Å²) in [6, 6.07) is 2.11. The SMILES string of the molecule is c1cc(-c2csc(N3CCOCC3)n2)cs1. The molecule has 3 heterocycles. The molecule has 0 unspecified atom stereocenters. The maximum absolute atomic E-state index is 5.34. The highest BCUT2D eigenvalue weighted by molar-refractivity contribution is 7.14. The Morgan fingerprint density at radius 2 is 2.12 bits per heavy atom. The summed E-state index contributed by atoms with van der Waals surface area (Å²) in [5.41, 5.74) is 2.31. The minimum atomic E-state index is 0.813. The lowest BCUT2D eigenvalue weighted by Crippen LogP contribution is -2.36. The Morgan fingerprint density at radius 3 is 2.88 bits per heavy atom. The van der Waals surface area contributed by atoms with Crippen molar-refractivity contribution in [2.24, 2.45) is 0 Å². The molecule has 1 saturated heterocycles. The zero-order valence-electron chi connectivity index (χ0n) is 8.76. The highest BCUT2D eigenvalue weighted by Gasteiger charge is 2.15. The number of nitrogens with zero attached hydrogens (tertiary/aromatic N) is 2. The summed E-state index contributed by atoms with van der Waals surface area (Å²) >= 11 is 3.43. The molecule has 0 saturated carbocycles. The minimum absolute atomic E-state index is 0.813. The summed E-state index contributed by atoms with van der Waals surface area (Å²) in [6.07, 6.45) is 0. The second-order valence-electron chi connectivity index (χ2n) is 3.63. The van der Waals surface area contributed by atoms with Crippen LogP contribution < -0.4 is 4.90 Å². The summed E-state index contributed by atoms with van der Waals surface area (Å²) in [4.78, 5) is 6.97. The molecular weight excluding hydrogens is 240 g/mol. The van der Waals surface area contributed by atoms with E-state index in [0.29, 0.717) is 0 Å². The fraction of sp³-hybridized carbons (Fsp3) is 0.364. The molecule has 1 fully saturated rings. The zero-order chi connectivity index (χ0) is 10.8. The number of morpholine rings is 1. The number of hydrogen-bond acceptors (Lipinski definition) is 5. The summed E-state index contributed by atoms with van der Waals surface area (Å²) < 4.78 is 5.34. The van der Waals surface area contributed by atoms with Crippen LogP contribution in [0.2, 0.25) is 0 Å². The molecule has 1 aliphatic heterocycles. The zero-order valence-corrected chi connectivity index (χ0v) is 10.4. The highest BCUT2D eigenvalue weighted by Crippen LogP contribution is 2.28. The van der Waals surface area contributed by atoms with Crippen LogP contribution in [0.4, 0.5) is 5.13 Å². The third-order valence-electron chi connectivity index (χ3n) is 2.59. The molecule has 0 aromatic carbocycles. The number of rotatable bonds is 2. The van der Waals surface area contributed by atoms with E-state index in [1.807, 2.05) is 0 Å². The average molecular weight is 252 g/mol. The van der Waals surface area contributed by atoms with Gasteiger partial charge in [0.25, 0.3) is 0 Å². The number of anilines is 1. The predicted molar refractivity (Wildman–Crippen MR) is 68.5 cm³/mol. The molecule has 0 radical (unpaired) electrons. The van der Waals surface area contributed by atoms with Crippen molar-refractivity contribution in [3.05, 3.63) is 22.2 Å². The van der Waals surface area contributed by atoms with Gasteiger partial charge in [-0.2, -0.15) is 11.3 Å². The first-order valence-electron chi connectivity index (χ1n) is 5.24.